The van der Waals surface area contributed by atoms with Gasteiger partial charge in [-0.3, -0.25) is 9.59 Å². The zero-order chi connectivity index (χ0) is 13.1. The van der Waals surface area contributed by atoms with Gasteiger partial charge in [-0.1, -0.05) is 11.6 Å². The van der Waals surface area contributed by atoms with Crippen molar-refractivity contribution in [3.8, 4) is 0 Å². The van der Waals surface area contributed by atoms with E-state index >= 15 is 0 Å². The number of amides is 1. The fourth-order valence-corrected chi connectivity index (χ4v) is 3.24. The van der Waals surface area contributed by atoms with Gasteiger partial charge < -0.3 is 10.4 Å². The maximum atomic E-state index is 11.9. The highest BCUT2D eigenvalue weighted by Gasteiger charge is 2.33. The van der Waals surface area contributed by atoms with Crippen molar-refractivity contribution in [1.29, 1.82) is 0 Å². The van der Waals surface area contributed by atoms with Crippen LogP contribution < -0.4 is 5.32 Å². The molecule has 0 aliphatic heterocycles. The third-order valence-electron chi connectivity index (χ3n) is 3.22. The number of hydrogen-bond donors (Lipinski definition) is 2. The smallest absolute Gasteiger partial charge is 0.306 e. The van der Waals surface area contributed by atoms with E-state index in [4.69, 9.17) is 16.7 Å². The highest BCUT2D eigenvalue weighted by atomic mass is 35.5. The van der Waals surface area contributed by atoms with Crippen molar-refractivity contribution < 1.29 is 14.7 Å². The molecule has 4 nitrogen and oxygen atoms in total. The molecule has 1 fully saturated rings. The van der Waals surface area contributed by atoms with Crippen molar-refractivity contribution in [1.82, 2.24) is 5.32 Å². The van der Waals surface area contributed by atoms with Gasteiger partial charge in [-0.25, -0.2) is 0 Å². The minimum Gasteiger partial charge on any atom is -0.481 e. The summed E-state index contributed by atoms with van der Waals surface area (Å²) in [5.41, 5.74) is 0. The van der Waals surface area contributed by atoms with E-state index in [9.17, 15) is 9.59 Å². The van der Waals surface area contributed by atoms with Crippen LogP contribution in [0.1, 0.15) is 24.1 Å². The second-order valence-corrected chi connectivity index (χ2v) is 6.27. The lowest BCUT2D eigenvalue weighted by Crippen LogP contribution is -2.29. The Bertz CT molecular complexity index is 460. The predicted octanol–water partition coefficient (Wildman–Crippen LogP) is 2.52. The van der Waals surface area contributed by atoms with Gasteiger partial charge in [0.25, 0.3) is 0 Å². The van der Waals surface area contributed by atoms with Gasteiger partial charge >= 0.3 is 5.97 Å². The number of rotatable bonds is 4. The second-order valence-electron chi connectivity index (χ2n) is 4.47. The topological polar surface area (TPSA) is 66.4 Å². The van der Waals surface area contributed by atoms with E-state index in [1.54, 1.807) is 6.07 Å². The Kier molecular flexibility index (Phi) is 4.24. The third kappa shape index (κ3) is 3.23. The van der Waals surface area contributed by atoms with Crippen molar-refractivity contribution in [3.05, 3.63) is 21.3 Å². The summed E-state index contributed by atoms with van der Waals surface area (Å²) < 4.78 is 0.700. The van der Waals surface area contributed by atoms with Gasteiger partial charge in [0.2, 0.25) is 5.91 Å². The molecule has 0 saturated heterocycles. The number of carboxylic acids is 1. The molecule has 2 N–H and O–H groups in total. The second kappa shape index (κ2) is 5.71. The first-order valence-electron chi connectivity index (χ1n) is 5.81. The summed E-state index contributed by atoms with van der Waals surface area (Å²) in [5.74, 6) is -1.38. The van der Waals surface area contributed by atoms with Gasteiger partial charge in [0.15, 0.2) is 0 Å². The molecule has 0 radical (unpaired) electrons. The summed E-state index contributed by atoms with van der Waals surface area (Å²) in [6.45, 7) is 0.463. The first-order chi connectivity index (χ1) is 8.56. The largest absolute Gasteiger partial charge is 0.481 e. The molecule has 2 rings (SSSR count). The first-order valence-corrected chi connectivity index (χ1v) is 7.00. The maximum Gasteiger partial charge on any atom is 0.306 e. The first kappa shape index (κ1) is 13.4. The van der Waals surface area contributed by atoms with E-state index < -0.39 is 5.97 Å². The van der Waals surface area contributed by atoms with Crippen LogP contribution in [0.5, 0.6) is 0 Å². The van der Waals surface area contributed by atoms with Crippen molar-refractivity contribution in [2.75, 3.05) is 0 Å². The number of thiophene rings is 1. The number of halogens is 1. The van der Waals surface area contributed by atoms with Gasteiger partial charge in [-0.2, -0.15) is 0 Å². The monoisotopic (exact) mass is 287 g/mol. The lowest BCUT2D eigenvalue weighted by atomic mass is 10.0. The van der Waals surface area contributed by atoms with Gasteiger partial charge in [-0.15, -0.1) is 11.3 Å². The molecule has 18 heavy (non-hydrogen) atoms. The molecule has 6 heteroatoms. The zero-order valence-electron chi connectivity index (χ0n) is 9.69. The molecule has 2 atom stereocenters. The molecule has 2 unspecified atom stereocenters. The SMILES string of the molecule is O=C(O)C1CCC(C(=O)NCc2ccc(Cl)s2)C1. The number of carbonyl (C=O) groups is 2. The fourth-order valence-electron chi connectivity index (χ4n) is 2.21. The molecule has 1 aliphatic carbocycles. The minimum atomic E-state index is -0.796. The zero-order valence-corrected chi connectivity index (χ0v) is 11.3. The highest BCUT2D eigenvalue weighted by Crippen LogP contribution is 2.31. The van der Waals surface area contributed by atoms with Crippen molar-refractivity contribution >= 4 is 34.8 Å². The quantitative estimate of drug-likeness (QED) is 0.894. The third-order valence-corrected chi connectivity index (χ3v) is 4.45. The summed E-state index contributed by atoms with van der Waals surface area (Å²) in [7, 11) is 0. The van der Waals surface area contributed by atoms with Crippen LogP contribution in [0.15, 0.2) is 12.1 Å². The molecule has 0 bridgehead atoms. The summed E-state index contributed by atoms with van der Waals surface area (Å²) >= 11 is 7.23. The molecule has 0 spiro atoms. The Labute approximate surface area is 114 Å². The van der Waals surface area contributed by atoms with Gasteiger partial charge in [0.05, 0.1) is 16.8 Å². The maximum absolute atomic E-state index is 11.9. The van der Waals surface area contributed by atoms with Gasteiger partial charge in [0, 0.05) is 10.8 Å². The lowest BCUT2D eigenvalue weighted by molar-refractivity contribution is -0.141. The average molecular weight is 288 g/mol. The van der Waals surface area contributed by atoms with Crippen LogP contribution in [0.25, 0.3) is 0 Å². The molecule has 1 saturated carbocycles. The fraction of sp³-hybridized carbons (Fsp3) is 0.500. The van der Waals surface area contributed by atoms with Gasteiger partial charge in [-0.05, 0) is 31.4 Å². The van der Waals surface area contributed by atoms with Crippen LogP contribution in [-0.4, -0.2) is 17.0 Å². The molecule has 98 valence electrons. The van der Waals surface area contributed by atoms with E-state index in [0.29, 0.717) is 30.1 Å². The van der Waals surface area contributed by atoms with Crippen LogP contribution in [-0.2, 0) is 16.1 Å². The lowest BCUT2D eigenvalue weighted by Gasteiger charge is -2.09. The van der Waals surface area contributed by atoms with Crippen LogP contribution in [0, 0.1) is 11.8 Å². The Hall–Kier alpha value is -1.07. The standard InChI is InChI=1S/C12H14ClNO3S/c13-10-4-3-9(18-10)6-14-11(15)7-1-2-8(5-7)12(16)17/h3-4,7-8H,1-2,5-6H2,(H,14,15)(H,16,17). The molecular formula is C12H14ClNO3S. The Morgan fingerprint density at radius 1 is 1.39 bits per heavy atom. The van der Waals surface area contributed by atoms with Gasteiger partial charge in [0.1, 0.15) is 0 Å². The molecule has 1 amide bonds. The molecular weight excluding hydrogens is 274 g/mol. The predicted molar refractivity (Wildman–Crippen MR) is 69.6 cm³/mol. The Balaban J connectivity index is 1.80. The molecule has 0 aromatic carbocycles. The molecule has 1 heterocycles. The van der Waals surface area contributed by atoms with Crippen molar-refractivity contribution in [2.45, 2.75) is 25.8 Å². The Morgan fingerprint density at radius 3 is 2.67 bits per heavy atom. The molecule has 1 aromatic rings. The van der Waals surface area contributed by atoms with E-state index in [1.165, 1.54) is 11.3 Å². The van der Waals surface area contributed by atoms with Crippen LogP contribution in [0.4, 0.5) is 0 Å². The van der Waals surface area contributed by atoms with Crippen LogP contribution >= 0.6 is 22.9 Å². The van der Waals surface area contributed by atoms with Crippen LogP contribution in [0.2, 0.25) is 4.34 Å². The van der Waals surface area contributed by atoms with E-state index in [1.807, 2.05) is 6.07 Å². The van der Waals surface area contributed by atoms with E-state index in [-0.39, 0.29) is 17.7 Å². The summed E-state index contributed by atoms with van der Waals surface area (Å²) in [6.07, 6.45) is 1.71. The minimum absolute atomic E-state index is 0.0525. The van der Waals surface area contributed by atoms with E-state index in [2.05, 4.69) is 5.32 Å². The summed E-state index contributed by atoms with van der Waals surface area (Å²) in [6, 6.07) is 3.67. The number of hydrogen-bond acceptors (Lipinski definition) is 3. The molecule has 1 aliphatic rings. The van der Waals surface area contributed by atoms with E-state index in [0.717, 1.165) is 4.88 Å². The van der Waals surface area contributed by atoms with Crippen molar-refractivity contribution in [2.24, 2.45) is 11.8 Å². The average Bonchev–Trinajstić information content (AvgIpc) is 2.94. The Morgan fingerprint density at radius 2 is 2.11 bits per heavy atom. The number of carboxylic acid groups (broad SMARTS) is 1. The van der Waals surface area contributed by atoms with Crippen LogP contribution in [0.3, 0.4) is 0 Å². The number of aliphatic carboxylic acids is 1. The van der Waals surface area contributed by atoms with Crippen molar-refractivity contribution in [3.63, 3.8) is 0 Å². The number of nitrogens with one attached hydrogen (secondary N) is 1. The summed E-state index contributed by atoms with van der Waals surface area (Å²) in [5, 5.41) is 11.7. The molecule has 1 aromatic heterocycles. The summed E-state index contributed by atoms with van der Waals surface area (Å²) in [4.78, 5) is 23.7. The normalized spacial score (nSPS) is 22.9. The highest BCUT2D eigenvalue weighted by molar-refractivity contribution is 7.16. The number of carbonyl (C=O) groups excluding carboxylic acids is 1.